The van der Waals surface area contributed by atoms with Crippen molar-refractivity contribution < 1.29 is 14.7 Å². The number of fused-ring (bicyclic) bond motifs is 1. The largest absolute Gasteiger partial charge is 0.505 e. The van der Waals surface area contributed by atoms with E-state index in [9.17, 15) is 14.7 Å². The van der Waals surface area contributed by atoms with Gasteiger partial charge in [-0.25, -0.2) is 4.98 Å². The molecule has 2 aromatic heterocycles. The van der Waals surface area contributed by atoms with E-state index in [1.54, 1.807) is 4.90 Å². The van der Waals surface area contributed by atoms with Crippen molar-refractivity contribution in [2.24, 2.45) is 0 Å². The minimum absolute atomic E-state index is 0.0928. The molecule has 0 bridgehead atoms. The van der Waals surface area contributed by atoms with Crippen molar-refractivity contribution in [3.63, 3.8) is 0 Å². The Morgan fingerprint density at radius 1 is 1.09 bits per heavy atom. The number of carbonyl (C=O) groups is 2. The lowest BCUT2D eigenvalue weighted by Crippen LogP contribution is -2.32. The summed E-state index contributed by atoms with van der Waals surface area (Å²) in [6.45, 7) is 5.00. The number of Topliss-reactive ketones (excluding diaryl/α,β-unsaturated/α-hetero) is 1. The van der Waals surface area contributed by atoms with Gasteiger partial charge in [0.1, 0.15) is 11.3 Å². The third-order valence-corrected chi connectivity index (χ3v) is 5.97. The van der Waals surface area contributed by atoms with Crippen molar-refractivity contribution in [3.8, 4) is 0 Å². The van der Waals surface area contributed by atoms with E-state index >= 15 is 0 Å². The molecule has 1 unspecified atom stereocenters. The van der Waals surface area contributed by atoms with Crippen LogP contribution in [0.5, 0.6) is 0 Å². The highest BCUT2D eigenvalue weighted by atomic mass is 16.3. The molecule has 1 amide bonds. The minimum Gasteiger partial charge on any atom is -0.505 e. The minimum atomic E-state index is -0.672. The standard InChI is InChI=1S/C25H28N4O3/c1-16-10-8-14-28-17(2)20(26-24(16)28)22(30)19-21(18-11-6-5-7-12-18)29(25(32)23(19)31)15-9-13-27(3)4/h5-8,10-12,14,21,30H,9,13,15H2,1-4H3. The van der Waals surface area contributed by atoms with Crippen molar-refractivity contribution in [1.29, 1.82) is 0 Å². The van der Waals surface area contributed by atoms with E-state index in [-0.39, 0.29) is 11.3 Å². The van der Waals surface area contributed by atoms with Crippen LogP contribution >= 0.6 is 0 Å². The second-order valence-electron chi connectivity index (χ2n) is 8.49. The summed E-state index contributed by atoms with van der Waals surface area (Å²) in [6.07, 6.45) is 2.59. The van der Waals surface area contributed by atoms with Gasteiger partial charge < -0.3 is 19.3 Å². The number of amides is 1. The number of hydrogen-bond donors (Lipinski definition) is 1. The summed E-state index contributed by atoms with van der Waals surface area (Å²) in [5.41, 5.74) is 3.59. The molecule has 7 heteroatoms. The van der Waals surface area contributed by atoms with Crippen LogP contribution in [0.2, 0.25) is 0 Å². The van der Waals surface area contributed by atoms with Crippen LogP contribution in [0.15, 0.2) is 54.2 Å². The zero-order valence-corrected chi connectivity index (χ0v) is 18.9. The lowest BCUT2D eigenvalue weighted by molar-refractivity contribution is -0.139. The first-order chi connectivity index (χ1) is 15.3. The fourth-order valence-corrected chi connectivity index (χ4v) is 4.32. The normalized spacial score (nSPS) is 18.3. The summed E-state index contributed by atoms with van der Waals surface area (Å²) in [5, 5.41) is 11.3. The number of aryl methyl sites for hydroxylation is 2. The number of carbonyl (C=O) groups excluding carboxylic acids is 2. The molecule has 1 aromatic carbocycles. The maximum Gasteiger partial charge on any atom is 0.295 e. The molecule has 1 atom stereocenters. The van der Waals surface area contributed by atoms with Crippen molar-refractivity contribution in [1.82, 2.24) is 19.2 Å². The van der Waals surface area contributed by atoms with Crippen LogP contribution in [0.3, 0.4) is 0 Å². The second-order valence-corrected chi connectivity index (χ2v) is 8.49. The van der Waals surface area contributed by atoms with Crippen molar-refractivity contribution in [2.75, 3.05) is 27.2 Å². The van der Waals surface area contributed by atoms with Crippen LogP contribution in [-0.4, -0.2) is 63.2 Å². The van der Waals surface area contributed by atoms with Gasteiger partial charge in [-0.05, 0) is 58.1 Å². The van der Waals surface area contributed by atoms with E-state index in [1.807, 2.05) is 85.9 Å². The molecule has 1 aliphatic heterocycles. The highest BCUT2D eigenvalue weighted by Crippen LogP contribution is 2.39. The van der Waals surface area contributed by atoms with Crippen LogP contribution < -0.4 is 0 Å². The lowest BCUT2D eigenvalue weighted by atomic mass is 9.96. The Bertz CT molecular complexity index is 1210. The first-order valence-electron chi connectivity index (χ1n) is 10.7. The third kappa shape index (κ3) is 3.69. The molecule has 0 radical (unpaired) electrons. The van der Waals surface area contributed by atoms with E-state index in [1.165, 1.54) is 0 Å². The summed E-state index contributed by atoms with van der Waals surface area (Å²) in [5.74, 6) is -1.49. The molecule has 0 saturated carbocycles. The molecule has 1 N–H and O–H groups in total. The number of ketones is 1. The number of pyridine rings is 1. The Morgan fingerprint density at radius 2 is 1.81 bits per heavy atom. The molecular formula is C25H28N4O3. The van der Waals surface area contributed by atoms with Gasteiger partial charge in [-0.1, -0.05) is 36.4 Å². The summed E-state index contributed by atoms with van der Waals surface area (Å²) < 4.78 is 1.88. The van der Waals surface area contributed by atoms with Gasteiger partial charge in [0.15, 0.2) is 5.76 Å². The van der Waals surface area contributed by atoms with Crippen LogP contribution in [0, 0.1) is 13.8 Å². The Balaban J connectivity index is 1.86. The predicted molar refractivity (Wildman–Crippen MR) is 123 cm³/mol. The smallest absolute Gasteiger partial charge is 0.295 e. The topological polar surface area (TPSA) is 78.2 Å². The first-order valence-corrected chi connectivity index (χ1v) is 10.7. The van der Waals surface area contributed by atoms with Gasteiger partial charge in [-0.2, -0.15) is 0 Å². The number of aliphatic hydroxyl groups is 1. The summed E-state index contributed by atoms with van der Waals surface area (Å²) in [4.78, 5) is 34.4. The maximum absolute atomic E-state index is 13.2. The van der Waals surface area contributed by atoms with E-state index in [0.29, 0.717) is 23.6 Å². The quantitative estimate of drug-likeness (QED) is 0.367. The first kappa shape index (κ1) is 21.8. The molecule has 166 valence electrons. The average Bonchev–Trinajstić information content (AvgIpc) is 3.24. The summed E-state index contributed by atoms with van der Waals surface area (Å²) in [6, 6.07) is 12.6. The van der Waals surface area contributed by atoms with Crippen LogP contribution in [0.1, 0.15) is 35.0 Å². The highest BCUT2D eigenvalue weighted by molar-refractivity contribution is 6.46. The Morgan fingerprint density at radius 3 is 2.47 bits per heavy atom. The molecule has 32 heavy (non-hydrogen) atoms. The fourth-order valence-electron chi connectivity index (χ4n) is 4.32. The number of imidazole rings is 1. The maximum atomic E-state index is 13.2. The SMILES string of the molecule is Cc1cccn2c(C)c(C(O)=C3C(=O)C(=O)N(CCCN(C)C)C3c3ccccc3)nc12. The highest BCUT2D eigenvalue weighted by Gasteiger charge is 2.46. The van der Waals surface area contributed by atoms with Crippen LogP contribution in [0.25, 0.3) is 11.4 Å². The van der Waals surface area contributed by atoms with E-state index in [4.69, 9.17) is 0 Å². The Labute approximate surface area is 187 Å². The molecule has 0 aliphatic carbocycles. The van der Waals surface area contributed by atoms with Crippen LogP contribution in [0.4, 0.5) is 0 Å². The van der Waals surface area contributed by atoms with Gasteiger partial charge in [0, 0.05) is 12.7 Å². The number of benzene rings is 1. The molecule has 4 rings (SSSR count). The predicted octanol–water partition coefficient (Wildman–Crippen LogP) is 3.32. The molecule has 3 aromatic rings. The van der Waals surface area contributed by atoms with E-state index < -0.39 is 17.7 Å². The summed E-state index contributed by atoms with van der Waals surface area (Å²) in [7, 11) is 3.94. The lowest BCUT2D eigenvalue weighted by Gasteiger charge is -2.25. The van der Waals surface area contributed by atoms with E-state index in [2.05, 4.69) is 4.98 Å². The number of likely N-dealkylation sites (tertiary alicyclic amines) is 1. The molecule has 1 fully saturated rings. The number of aromatic nitrogens is 2. The fraction of sp³-hybridized carbons (Fsp3) is 0.320. The Kier molecular flexibility index (Phi) is 5.84. The van der Waals surface area contributed by atoms with Crippen molar-refractivity contribution in [2.45, 2.75) is 26.3 Å². The second kappa shape index (κ2) is 8.59. The zero-order chi connectivity index (χ0) is 23.0. The van der Waals surface area contributed by atoms with Gasteiger partial charge in [0.05, 0.1) is 17.3 Å². The zero-order valence-electron chi connectivity index (χ0n) is 18.9. The van der Waals surface area contributed by atoms with Gasteiger partial charge in [0.25, 0.3) is 11.7 Å². The van der Waals surface area contributed by atoms with Crippen LogP contribution in [-0.2, 0) is 9.59 Å². The van der Waals surface area contributed by atoms with Gasteiger partial charge >= 0.3 is 0 Å². The molecule has 1 saturated heterocycles. The van der Waals surface area contributed by atoms with Gasteiger partial charge in [-0.15, -0.1) is 0 Å². The van der Waals surface area contributed by atoms with Crippen molar-refractivity contribution >= 4 is 23.1 Å². The molecule has 0 spiro atoms. The summed E-state index contributed by atoms with van der Waals surface area (Å²) >= 11 is 0. The van der Waals surface area contributed by atoms with E-state index in [0.717, 1.165) is 24.1 Å². The molecule has 7 nitrogen and oxygen atoms in total. The molecular weight excluding hydrogens is 404 g/mol. The number of hydrogen-bond acceptors (Lipinski definition) is 5. The Hall–Kier alpha value is -3.45. The number of aliphatic hydroxyl groups excluding tert-OH is 1. The monoisotopic (exact) mass is 432 g/mol. The number of nitrogens with zero attached hydrogens (tertiary/aromatic N) is 4. The average molecular weight is 433 g/mol. The number of rotatable bonds is 6. The van der Waals surface area contributed by atoms with Crippen molar-refractivity contribution in [3.05, 3.63) is 76.7 Å². The molecule has 1 aliphatic rings. The third-order valence-electron chi connectivity index (χ3n) is 5.97. The van der Waals surface area contributed by atoms with Gasteiger partial charge in [-0.3, -0.25) is 9.59 Å². The molecule has 3 heterocycles. The van der Waals surface area contributed by atoms with Gasteiger partial charge in [0.2, 0.25) is 0 Å².